The second-order valence-corrected chi connectivity index (χ2v) is 9.71. The number of fused-ring (bicyclic) bond motifs is 1. The van der Waals surface area contributed by atoms with Gasteiger partial charge in [-0.2, -0.15) is 18.4 Å². The van der Waals surface area contributed by atoms with E-state index in [9.17, 15) is 26.9 Å². The molecule has 1 aliphatic rings. The summed E-state index contributed by atoms with van der Waals surface area (Å²) >= 11 is 0. The summed E-state index contributed by atoms with van der Waals surface area (Å²) in [5.41, 5.74) is 0.613. The first-order chi connectivity index (χ1) is 16.1. The van der Waals surface area contributed by atoms with Gasteiger partial charge in [-0.3, -0.25) is 0 Å². The van der Waals surface area contributed by atoms with Gasteiger partial charge in [0.25, 0.3) is 0 Å². The van der Waals surface area contributed by atoms with E-state index < -0.39 is 26.6 Å². The maximum Gasteiger partial charge on any atom is 0.433 e. The summed E-state index contributed by atoms with van der Waals surface area (Å²) < 4.78 is 65.8. The first-order valence-corrected chi connectivity index (χ1v) is 11.8. The zero-order valence-corrected chi connectivity index (χ0v) is 18.9. The van der Waals surface area contributed by atoms with Gasteiger partial charge in [-0.15, -0.1) is 0 Å². The van der Waals surface area contributed by atoms with Crippen LogP contribution in [0.3, 0.4) is 0 Å². The summed E-state index contributed by atoms with van der Waals surface area (Å²) in [7, 11) is -4.07. The van der Waals surface area contributed by atoms with Gasteiger partial charge in [-0.25, -0.2) is 18.4 Å². The van der Waals surface area contributed by atoms with Crippen LogP contribution in [0, 0.1) is 18.3 Å². The summed E-state index contributed by atoms with van der Waals surface area (Å²) in [5, 5.41) is 9.85. The number of hydrogen-bond acceptors (Lipinski definition) is 7. The number of aromatic nitrogens is 2. The Kier molecular flexibility index (Phi) is 6.18. The molecule has 1 fully saturated rings. The van der Waals surface area contributed by atoms with Crippen molar-refractivity contribution >= 4 is 26.4 Å². The third-order valence-electron chi connectivity index (χ3n) is 5.50. The van der Waals surface area contributed by atoms with Crippen molar-refractivity contribution in [2.45, 2.75) is 18.1 Å². The molecule has 176 valence electrons. The lowest BCUT2D eigenvalue weighted by Crippen LogP contribution is -2.44. The molecule has 0 N–H and O–H groups in total. The normalized spacial score (nSPS) is 15.4. The topological polar surface area (TPSA) is 90.2 Å². The fourth-order valence-corrected chi connectivity index (χ4v) is 4.85. The molecule has 34 heavy (non-hydrogen) atoms. The van der Waals surface area contributed by atoms with Crippen LogP contribution >= 0.6 is 0 Å². The average Bonchev–Trinajstić information content (AvgIpc) is 2.82. The van der Waals surface area contributed by atoms with Gasteiger partial charge in [0.2, 0.25) is 9.84 Å². The molecule has 4 rings (SSSR count). The second-order valence-electron chi connectivity index (χ2n) is 7.84. The highest BCUT2D eigenvalue weighted by Gasteiger charge is 2.34. The van der Waals surface area contributed by atoms with Crippen molar-refractivity contribution in [3.8, 4) is 6.07 Å². The zero-order valence-electron chi connectivity index (χ0n) is 18.1. The van der Waals surface area contributed by atoms with Gasteiger partial charge < -0.3 is 9.80 Å². The largest absolute Gasteiger partial charge is 0.433 e. The SMILES string of the molecule is Cc1ccc2nc(C(F)(F)F)cc(N3CCN(/C=C(\C#N)S(=O)(=O)c4ccccn4)CC3)c2c1. The Morgan fingerprint density at radius 2 is 1.85 bits per heavy atom. The Morgan fingerprint density at radius 1 is 1.12 bits per heavy atom. The van der Waals surface area contributed by atoms with Gasteiger partial charge in [-0.05, 0) is 37.3 Å². The quantitative estimate of drug-likeness (QED) is 0.516. The van der Waals surface area contributed by atoms with Gasteiger partial charge in [0.1, 0.15) is 11.8 Å². The van der Waals surface area contributed by atoms with Crippen LogP contribution in [0.15, 0.2) is 64.8 Å². The lowest BCUT2D eigenvalue weighted by Gasteiger charge is -2.36. The van der Waals surface area contributed by atoms with E-state index in [-0.39, 0.29) is 10.5 Å². The molecule has 0 spiro atoms. The molecule has 0 radical (unpaired) electrons. The monoisotopic (exact) mass is 487 g/mol. The fraction of sp³-hybridized carbons (Fsp3) is 0.261. The van der Waals surface area contributed by atoms with E-state index in [1.54, 1.807) is 35.2 Å². The number of nitrogens with zero attached hydrogens (tertiary/aromatic N) is 5. The molecule has 2 aromatic heterocycles. The van der Waals surface area contributed by atoms with Crippen molar-refractivity contribution < 1.29 is 21.6 Å². The van der Waals surface area contributed by atoms with E-state index in [0.717, 1.165) is 11.6 Å². The highest BCUT2D eigenvalue weighted by atomic mass is 32.2. The Labute approximate surface area is 194 Å². The van der Waals surface area contributed by atoms with Gasteiger partial charge in [0, 0.05) is 49.6 Å². The molecule has 0 unspecified atom stereocenters. The van der Waals surface area contributed by atoms with Crippen molar-refractivity contribution in [2.75, 3.05) is 31.1 Å². The first kappa shape index (κ1) is 23.5. The smallest absolute Gasteiger partial charge is 0.372 e. The molecule has 1 aliphatic heterocycles. The van der Waals surface area contributed by atoms with E-state index in [4.69, 9.17) is 0 Å². The second kappa shape index (κ2) is 8.95. The van der Waals surface area contributed by atoms with Crippen LogP contribution in [0.4, 0.5) is 18.9 Å². The van der Waals surface area contributed by atoms with Crippen LogP contribution in [0.1, 0.15) is 11.3 Å². The standard InChI is InChI=1S/C23H20F3N5O2S/c1-16-5-6-19-18(12-16)20(13-21(29-19)23(24,25)26)31-10-8-30(9-11-31)15-17(14-27)34(32,33)22-4-2-3-7-28-22/h2-7,12-13,15H,8-11H2,1H3/b17-15+. The predicted molar refractivity (Wildman–Crippen MR) is 120 cm³/mol. The number of alkyl halides is 3. The predicted octanol–water partition coefficient (Wildman–Crippen LogP) is 3.92. The highest BCUT2D eigenvalue weighted by Crippen LogP contribution is 2.35. The van der Waals surface area contributed by atoms with Crippen LogP contribution in [-0.4, -0.2) is 49.5 Å². The number of anilines is 1. The Morgan fingerprint density at radius 3 is 2.47 bits per heavy atom. The molecular weight excluding hydrogens is 467 g/mol. The average molecular weight is 488 g/mol. The maximum atomic E-state index is 13.4. The third-order valence-corrected chi connectivity index (χ3v) is 7.07. The molecule has 0 atom stereocenters. The van der Waals surface area contributed by atoms with Crippen LogP contribution in [0.25, 0.3) is 10.9 Å². The van der Waals surface area contributed by atoms with Gasteiger partial charge >= 0.3 is 6.18 Å². The van der Waals surface area contributed by atoms with E-state index >= 15 is 0 Å². The molecular formula is C23H20F3N5O2S. The highest BCUT2D eigenvalue weighted by molar-refractivity contribution is 7.95. The van der Waals surface area contributed by atoms with Crippen LogP contribution in [-0.2, 0) is 16.0 Å². The molecule has 3 aromatic rings. The molecule has 11 heteroatoms. The van der Waals surface area contributed by atoms with Crippen molar-refractivity contribution in [1.29, 1.82) is 5.26 Å². The number of sulfone groups is 1. The van der Waals surface area contributed by atoms with Crippen LogP contribution in [0.2, 0.25) is 0 Å². The van der Waals surface area contributed by atoms with Gasteiger partial charge in [0.05, 0.1) is 5.52 Å². The molecule has 0 amide bonds. The van der Waals surface area contributed by atoms with Gasteiger partial charge in [-0.1, -0.05) is 17.7 Å². The molecule has 0 aliphatic carbocycles. The number of benzene rings is 1. The van der Waals surface area contributed by atoms with Crippen LogP contribution < -0.4 is 4.90 Å². The minimum Gasteiger partial charge on any atom is -0.372 e. The summed E-state index contributed by atoms with van der Waals surface area (Å²) in [4.78, 5) is 10.7. The summed E-state index contributed by atoms with van der Waals surface area (Å²) in [6.07, 6.45) is -1.98. The number of piperazine rings is 1. The van der Waals surface area contributed by atoms with Crippen molar-refractivity contribution in [1.82, 2.24) is 14.9 Å². The zero-order chi connectivity index (χ0) is 24.5. The van der Waals surface area contributed by atoms with Crippen molar-refractivity contribution in [3.63, 3.8) is 0 Å². The summed E-state index contributed by atoms with van der Waals surface area (Å²) in [6.45, 7) is 3.17. The molecule has 1 saturated heterocycles. The Balaban J connectivity index is 1.61. The molecule has 1 aromatic carbocycles. The number of rotatable bonds is 4. The number of nitriles is 1. The number of pyridine rings is 2. The number of aryl methyl sites for hydroxylation is 1. The fourth-order valence-electron chi connectivity index (χ4n) is 3.76. The molecule has 0 saturated carbocycles. The van der Waals surface area contributed by atoms with E-state index in [1.165, 1.54) is 24.5 Å². The van der Waals surface area contributed by atoms with Gasteiger partial charge in [0.15, 0.2) is 9.93 Å². The molecule has 0 bridgehead atoms. The van der Waals surface area contributed by atoms with E-state index in [2.05, 4.69) is 9.97 Å². The molecule has 7 nitrogen and oxygen atoms in total. The molecule has 3 heterocycles. The Hall–Kier alpha value is -3.65. The lowest BCUT2D eigenvalue weighted by molar-refractivity contribution is -0.140. The summed E-state index contributed by atoms with van der Waals surface area (Å²) in [5.74, 6) is 0. The minimum atomic E-state index is -4.58. The number of hydrogen-bond donors (Lipinski definition) is 0. The third kappa shape index (κ3) is 4.68. The maximum absolute atomic E-state index is 13.4. The van der Waals surface area contributed by atoms with E-state index in [1.807, 2.05) is 11.8 Å². The lowest BCUT2D eigenvalue weighted by atomic mass is 10.1. The van der Waals surface area contributed by atoms with E-state index in [0.29, 0.717) is 37.3 Å². The Bertz CT molecular complexity index is 1390. The first-order valence-electron chi connectivity index (χ1n) is 10.4. The number of halogens is 3. The number of allylic oxidation sites excluding steroid dienone is 1. The summed E-state index contributed by atoms with van der Waals surface area (Å²) in [6, 6.07) is 12.3. The van der Waals surface area contributed by atoms with Crippen molar-refractivity contribution in [2.24, 2.45) is 0 Å². The van der Waals surface area contributed by atoms with Crippen LogP contribution in [0.5, 0.6) is 0 Å². The minimum absolute atomic E-state index is 0.222. The van der Waals surface area contributed by atoms with Crippen molar-refractivity contribution in [3.05, 3.63) is 71.0 Å².